The number of aliphatic imine (C=N–C) groups is 1. The summed E-state index contributed by atoms with van der Waals surface area (Å²) >= 11 is 0. The van der Waals surface area contributed by atoms with Gasteiger partial charge < -0.3 is 10.5 Å². The van der Waals surface area contributed by atoms with E-state index in [0.29, 0.717) is 17.0 Å². The highest BCUT2D eigenvalue weighted by Gasteiger charge is 2.27. The number of hydrogen-bond donors (Lipinski definition) is 1. The molecular weight excluding hydrogens is 257 g/mol. The molecule has 0 unspecified atom stereocenters. The van der Waals surface area contributed by atoms with Crippen LogP contribution >= 0.6 is 0 Å². The molecule has 0 heterocycles. The first-order valence-corrected chi connectivity index (χ1v) is 6.37. The highest BCUT2D eigenvalue weighted by Crippen LogP contribution is 2.33. The number of ether oxygens (including phenoxy) is 1. The fourth-order valence-corrected chi connectivity index (χ4v) is 1.93. The molecule has 1 aromatic carbocycles. The van der Waals surface area contributed by atoms with Crippen LogP contribution in [0, 0.1) is 24.1 Å². The number of allylic oxidation sites excluding steroid dienone is 1. The fourth-order valence-electron chi connectivity index (χ4n) is 1.93. The van der Waals surface area contributed by atoms with E-state index < -0.39 is 5.82 Å². The number of nitrogens with zero attached hydrogens (tertiary/aromatic N) is 2. The van der Waals surface area contributed by atoms with Gasteiger partial charge in [-0.2, -0.15) is 5.26 Å². The fraction of sp³-hybridized carbons (Fsp3) is 0.333. The Bertz CT molecular complexity index is 625. The summed E-state index contributed by atoms with van der Waals surface area (Å²) in [7, 11) is 1.53. The molecule has 1 aromatic rings. The van der Waals surface area contributed by atoms with E-state index in [1.807, 2.05) is 6.07 Å². The normalized spacial score (nSPS) is 15.4. The molecule has 0 radical (unpaired) electrons. The number of halogens is 1. The minimum atomic E-state index is -0.469. The lowest BCUT2D eigenvalue weighted by molar-refractivity contribution is 0.301. The molecule has 1 aliphatic carbocycles. The van der Waals surface area contributed by atoms with Crippen molar-refractivity contribution >= 4 is 5.71 Å². The molecule has 104 valence electrons. The smallest absolute Gasteiger partial charge is 0.138 e. The van der Waals surface area contributed by atoms with Gasteiger partial charge in [0.15, 0.2) is 0 Å². The Morgan fingerprint density at radius 1 is 1.60 bits per heavy atom. The van der Waals surface area contributed by atoms with Crippen molar-refractivity contribution < 1.29 is 9.13 Å². The highest BCUT2D eigenvalue weighted by atomic mass is 19.1. The molecule has 2 rings (SSSR count). The van der Waals surface area contributed by atoms with E-state index in [1.165, 1.54) is 19.3 Å². The number of rotatable bonds is 4. The molecule has 0 aromatic heterocycles. The van der Waals surface area contributed by atoms with Crippen LogP contribution in [0.1, 0.15) is 29.5 Å². The van der Waals surface area contributed by atoms with Crippen molar-refractivity contribution in [3.05, 3.63) is 40.8 Å². The maximum absolute atomic E-state index is 14.4. The SMILES string of the molecule is CN=C(C=CN)c1c(F)c(C)cc(OC2CC2)c1C#N. The maximum atomic E-state index is 14.4. The highest BCUT2D eigenvalue weighted by molar-refractivity contribution is 6.10. The number of aryl methyl sites for hydroxylation is 1. The van der Waals surface area contributed by atoms with E-state index in [-0.39, 0.29) is 17.2 Å². The summed E-state index contributed by atoms with van der Waals surface area (Å²) in [6, 6.07) is 3.58. The average Bonchev–Trinajstić information content (AvgIpc) is 3.24. The monoisotopic (exact) mass is 273 g/mol. The van der Waals surface area contributed by atoms with Crippen molar-refractivity contribution in [2.75, 3.05) is 7.05 Å². The van der Waals surface area contributed by atoms with Gasteiger partial charge in [0.25, 0.3) is 0 Å². The molecule has 1 saturated carbocycles. The van der Waals surface area contributed by atoms with Crippen molar-refractivity contribution in [2.24, 2.45) is 10.7 Å². The molecule has 20 heavy (non-hydrogen) atoms. The standard InChI is InChI=1S/C15H16FN3O/c1-9-7-13(20-10-3-4-10)11(8-18)14(15(9)16)12(19-2)5-6-17/h5-7,10H,3-4,17H2,1-2H3. The Kier molecular flexibility index (Phi) is 4.04. The summed E-state index contributed by atoms with van der Waals surface area (Å²) < 4.78 is 20.1. The van der Waals surface area contributed by atoms with Gasteiger partial charge in [0.1, 0.15) is 23.2 Å². The van der Waals surface area contributed by atoms with E-state index in [1.54, 1.807) is 13.0 Å². The first-order valence-electron chi connectivity index (χ1n) is 6.37. The van der Waals surface area contributed by atoms with Gasteiger partial charge in [-0.05, 0) is 43.7 Å². The zero-order chi connectivity index (χ0) is 14.7. The third kappa shape index (κ3) is 2.64. The summed E-state index contributed by atoms with van der Waals surface area (Å²) in [5.41, 5.74) is 6.41. The Morgan fingerprint density at radius 2 is 2.30 bits per heavy atom. The third-order valence-corrected chi connectivity index (χ3v) is 3.09. The van der Waals surface area contributed by atoms with Crippen LogP contribution in [0.5, 0.6) is 5.75 Å². The van der Waals surface area contributed by atoms with Crippen LogP contribution in [0.2, 0.25) is 0 Å². The molecule has 0 saturated heterocycles. The summed E-state index contributed by atoms with van der Waals surface area (Å²) in [6.45, 7) is 1.64. The molecule has 0 spiro atoms. The van der Waals surface area contributed by atoms with Crippen molar-refractivity contribution in [3.8, 4) is 11.8 Å². The van der Waals surface area contributed by atoms with Crippen LogP contribution in [0.25, 0.3) is 0 Å². The second kappa shape index (κ2) is 5.74. The first-order chi connectivity index (χ1) is 9.62. The summed E-state index contributed by atoms with van der Waals surface area (Å²) in [4.78, 5) is 4.00. The van der Waals surface area contributed by atoms with Gasteiger partial charge in [-0.3, -0.25) is 4.99 Å². The lowest BCUT2D eigenvalue weighted by Crippen LogP contribution is -2.10. The first kappa shape index (κ1) is 14.1. The topological polar surface area (TPSA) is 71.4 Å². The second-order valence-electron chi connectivity index (χ2n) is 4.65. The number of hydrogen-bond acceptors (Lipinski definition) is 4. The van der Waals surface area contributed by atoms with Gasteiger partial charge in [0, 0.05) is 7.05 Å². The molecule has 1 aliphatic rings. The van der Waals surface area contributed by atoms with Crippen LogP contribution in [-0.2, 0) is 0 Å². The third-order valence-electron chi connectivity index (χ3n) is 3.09. The van der Waals surface area contributed by atoms with Gasteiger partial charge >= 0.3 is 0 Å². The van der Waals surface area contributed by atoms with Crippen LogP contribution < -0.4 is 10.5 Å². The molecule has 0 bridgehead atoms. The Hall–Kier alpha value is -2.35. The lowest BCUT2D eigenvalue weighted by Gasteiger charge is -2.14. The van der Waals surface area contributed by atoms with Gasteiger partial charge in [0.05, 0.1) is 17.4 Å². The largest absolute Gasteiger partial charge is 0.489 e. The number of nitriles is 1. The van der Waals surface area contributed by atoms with Gasteiger partial charge in [-0.1, -0.05) is 0 Å². The summed E-state index contributed by atoms with van der Waals surface area (Å²) in [5, 5.41) is 9.35. The Balaban J connectivity index is 2.63. The molecule has 0 atom stereocenters. The van der Waals surface area contributed by atoms with Gasteiger partial charge in [0.2, 0.25) is 0 Å². The molecule has 0 amide bonds. The summed E-state index contributed by atoms with van der Waals surface area (Å²) in [5.74, 6) is -0.0566. The lowest BCUT2D eigenvalue weighted by atomic mass is 9.98. The van der Waals surface area contributed by atoms with Crippen LogP contribution in [-0.4, -0.2) is 18.9 Å². The van der Waals surface area contributed by atoms with Crippen molar-refractivity contribution in [1.29, 1.82) is 5.26 Å². The van der Waals surface area contributed by atoms with E-state index >= 15 is 0 Å². The molecule has 5 heteroatoms. The van der Waals surface area contributed by atoms with Crippen molar-refractivity contribution in [1.82, 2.24) is 0 Å². The predicted molar refractivity (Wildman–Crippen MR) is 75.3 cm³/mol. The van der Waals surface area contributed by atoms with E-state index in [9.17, 15) is 9.65 Å². The average molecular weight is 273 g/mol. The van der Waals surface area contributed by atoms with Crippen LogP contribution in [0.15, 0.2) is 23.3 Å². The van der Waals surface area contributed by atoms with E-state index in [4.69, 9.17) is 10.5 Å². The van der Waals surface area contributed by atoms with Crippen molar-refractivity contribution in [3.63, 3.8) is 0 Å². The van der Waals surface area contributed by atoms with Gasteiger partial charge in [-0.25, -0.2) is 4.39 Å². The van der Waals surface area contributed by atoms with Crippen LogP contribution in [0.3, 0.4) is 0 Å². The molecule has 4 nitrogen and oxygen atoms in total. The predicted octanol–water partition coefficient (Wildman–Crippen LogP) is 2.44. The maximum Gasteiger partial charge on any atom is 0.138 e. The molecule has 0 aliphatic heterocycles. The van der Waals surface area contributed by atoms with E-state index in [0.717, 1.165) is 12.8 Å². The number of nitrogens with two attached hydrogens (primary N) is 1. The number of benzene rings is 1. The molecular formula is C15H16FN3O. The summed E-state index contributed by atoms with van der Waals surface area (Å²) in [6.07, 6.45) is 4.81. The molecule has 2 N–H and O–H groups in total. The van der Waals surface area contributed by atoms with Gasteiger partial charge in [-0.15, -0.1) is 0 Å². The van der Waals surface area contributed by atoms with E-state index in [2.05, 4.69) is 4.99 Å². The minimum absolute atomic E-state index is 0.131. The Morgan fingerprint density at radius 3 is 2.80 bits per heavy atom. The Labute approximate surface area is 117 Å². The zero-order valence-electron chi connectivity index (χ0n) is 11.5. The van der Waals surface area contributed by atoms with Crippen molar-refractivity contribution in [2.45, 2.75) is 25.9 Å². The minimum Gasteiger partial charge on any atom is -0.489 e. The molecule has 1 fully saturated rings. The quantitative estimate of drug-likeness (QED) is 0.856. The van der Waals surface area contributed by atoms with Crippen LogP contribution in [0.4, 0.5) is 4.39 Å². The second-order valence-corrected chi connectivity index (χ2v) is 4.65. The zero-order valence-corrected chi connectivity index (χ0v) is 11.5.